The Morgan fingerprint density at radius 1 is 1.31 bits per heavy atom. The largest absolute Gasteiger partial charge is 0.330 e. The molecule has 0 heterocycles. The highest BCUT2D eigenvalue weighted by atomic mass is 16.1. The molecule has 0 aromatic rings. The summed E-state index contributed by atoms with van der Waals surface area (Å²) in [5, 5.41) is 0. The molecule has 0 spiro atoms. The summed E-state index contributed by atoms with van der Waals surface area (Å²) in [5.74, 6) is 0.304. The summed E-state index contributed by atoms with van der Waals surface area (Å²) >= 11 is 0. The standard InChI is InChI=1S/C11H21NO/c1-10(13)5-8-11(9-12)6-3-2-4-7-11/h2-9,12H2,1H3. The predicted molar refractivity (Wildman–Crippen MR) is 54.5 cm³/mol. The lowest BCUT2D eigenvalue weighted by Gasteiger charge is -2.36. The van der Waals surface area contributed by atoms with Gasteiger partial charge in [0, 0.05) is 6.42 Å². The molecule has 0 amide bonds. The Morgan fingerprint density at radius 2 is 1.92 bits per heavy atom. The van der Waals surface area contributed by atoms with Gasteiger partial charge in [-0.25, -0.2) is 0 Å². The molecule has 0 saturated heterocycles. The Bertz CT molecular complexity index is 171. The van der Waals surface area contributed by atoms with E-state index in [1.165, 1.54) is 32.1 Å². The zero-order valence-electron chi connectivity index (χ0n) is 8.64. The van der Waals surface area contributed by atoms with Gasteiger partial charge in [0.2, 0.25) is 0 Å². The van der Waals surface area contributed by atoms with E-state index in [0.717, 1.165) is 19.4 Å². The van der Waals surface area contributed by atoms with Crippen LogP contribution >= 0.6 is 0 Å². The van der Waals surface area contributed by atoms with Gasteiger partial charge in [0.15, 0.2) is 0 Å². The molecule has 0 aromatic heterocycles. The number of ketones is 1. The third kappa shape index (κ3) is 3.11. The number of hydrogen-bond acceptors (Lipinski definition) is 2. The first-order chi connectivity index (χ1) is 6.18. The van der Waals surface area contributed by atoms with Crippen LogP contribution in [0.2, 0.25) is 0 Å². The van der Waals surface area contributed by atoms with Crippen molar-refractivity contribution in [2.75, 3.05) is 6.54 Å². The maximum absolute atomic E-state index is 10.9. The number of nitrogens with two attached hydrogens (primary N) is 1. The topological polar surface area (TPSA) is 43.1 Å². The molecule has 2 nitrogen and oxygen atoms in total. The van der Waals surface area contributed by atoms with Crippen LogP contribution < -0.4 is 5.73 Å². The first kappa shape index (κ1) is 10.7. The minimum atomic E-state index is 0.304. The molecule has 0 aromatic carbocycles. The predicted octanol–water partition coefficient (Wildman–Crippen LogP) is 2.26. The Kier molecular flexibility index (Phi) is 3.91. The van der Waals surface area contributed by atoms with Gasteiger partial charge in [-0.2, -0.15) is 0 Å². The van der Waals surface area contributed by atoms with E-state index in [1.54, 1.807) is 6.92 Å². The van der Waals surface area contributed by atoms with Crippen LogP contribution in [0.4, 0.5) is 0 Å². The number of carbonyl (C=O) groups is 1. The second-order valence-corrected chi connectivity index (χ2v) is 4.47. The Balaban J connectivity index is 2.42. The molecule has 0 unspecified atom stereocenters. The van der Waals surface area contributed by atoms with Gasteiger partial charge in [-0.05, 0) is 38.1 Å². The van der Waals surface area contributed by atoms with E-state index < -0.39 is 0 Å². The van der Waals surface area contributed by atoms with Crippen molar-refractivity contribution in [2.45, 2.75) is 51.9 Å². The zero-order valence-corrected chi connectivity index (χ0v) is 8.64. The summed E-state index contributed by atoms with van der Waals surface area (Å²) in [6, 6.07) is 0. The molecule has 13 heavy (non-hydrogen) atoms. The lowest BCUT2D eigenvalue weighted by Crippen LogP contribution is -2.33. The van der Waals surface area contributed by atoms with Gasteiger partial charge in [0.1, 0.15) is 5.78 Å². The molecule has 2 N–H and O–H groups in total. The van der Waals surface area contributed by atoms with Gasteiger partial charge in [0.25, 0.3) is 0 Å². The fraction of sp³-hybridized carbons (Fsp3) is 0.909. The minimum absolute atomic E-state index is 0.304. The summed E-state index contributed by atoms with van der Waals surface area (Å²) in [7, 11) is 0. The summed E-state index contributed by atoms with van der Waals surface area (Å²) in [6.07, 6.45) is 8.15. The van der Waals surface area contributed by atoms with E-state index in [9.17, 15) is 4.79 Å². The third-order valence-corrected chi connectivity index (χ3v) is 3.35. The van der Waals surface area contributed by atoms with Gasteiger partial charge in [-0.3, -0.25) is 0 Å². The number of hydrogen-bond donors (Lipinski definition) is 1. The van der Waals surface area contributed by atoms with Crippen molar-refractivity contribution in [1.82, 2.24) is 0 Å². The molecule has 1 aliphatic carbocycles. The molecule has 0 atom stereocenters. The van der Waals surface area contributed by atoms with E-state index in [1.807, 2.05) is 0 Å². The van der Waals surface area contributed by atoms with Crippen LogP contribution in [0.25, 0.3) is 0 Å². The maximum Gasteiger partial charge on any atom is 0.129 e. The second-order valence-electron chi connectivity index (χ2n) is 4.47. The average Bonchev–Trinajstić information content (AvgIpc) is 2.16. The zero-order chi connectivity index (χ0) is 9.73. The van der Waals surface area contributed by atoms with Crippen LogP contribution in [-0.2, 0) is 4.79 Å². The third-order valence-electron chi connectivity index (χ3n) is 3.35. The van der Waals surface area contributed by atoms with Gasteiger partial charge >= 0.3 is 0 Å². The quantitative estimate of drug-likeness (QED) is 0.726. The highest BCUT2D eigenvalue weighted by Gasteiger charge is 2.30. The van der Waals surface area contributed by atoms with Crippen LogP contribution in [0.3, 0.4) is 0 Å². The van der Waals surface area contributed by atoms with Crippen molar-refractivity contribution in [3.8, 4) is 0 Å². The smallest absolute Gasteiger partial charge is 0.129 e. The lowest BCUT2D eigenvalue weighted by molar-refractivity contribution is -0.117. The molecule has 1 fully saturated rings. The molecule has 1 rings (SSSR count). The van der Waals surface area contributed by atoms with Crippen molar-refractivity contribution >= 4 is 5.78 Å². The molecule has 0 radical (unpaired) electrons. The SMILES string of the molecule is CC(=O)CCC1(CN)CCCCC1. The van der Waals surface area contributed by atoms with Crippen molar-refractivity contribution in [1.29, 1.82) is 0 Å². The van der Waals surface area contributed by atoms with Gasteiger partial charge in [0.05, 0.1) is 0 Å². The Morgan fingerprint density at radius 3 is 2.38 bits per heavy atom. The van der Waals surface area contributed by atoms with Gasteiger partial charge in [-0.15, -0.1) is 0 Å². The molecular formula is C11H21NO. The van der Waals surface area contributed by atoms with Gasteiger partial charge < -0.3 is 10.5 Å². The van der Waals surface area contributed by atoms with Crippen molar-refractivity contribution < 1.29 is 4.79 Å². The first-order valence-corrected chi connectivity index (χ1v) is 5.38. The van der Waals surface area contributed by atoms with Crippen LogP contribution in [0.15, 0.2) is 0 Å². The molecule has 1 aliphatic rings. The summed E-state index contributed by atoms with van der Waals surface area (Å²) in [5.41, 5.74) is 6.12. The summed E-state index contributed by atoms with van der Waals surface area (Å²) < 4.78 is 0. The fourth-order valence-corrected chi connectivity index (χ4v) is 2.30. The molecule has 0 aliphatic heterocycles. The van der Waals surface area contributed by atoms with E-state index in [-0.39, 0.29) is 0 Å². The van der Waals surface area contributed by atoms with E-state index in [2.05, 4.69) is 0 Å². The maximum atomic E-state index is 10.9. The van der Waals surface area contributed by atoms with E-state index in [0.29, 0.717) is 11.2 Å². The fourth-order valence-electron chi connectivity index (χ4n) is 2.30. The molecular weight excluding hydrogens is 162 g/mol. The molecule has 0 bridgehead atoms. The number of Topliss-reactive ketones (excluding diaryl/α,β-unsaturated/α-hetero) is 1. The summed E-state index contributed by atoms with van der Waals surface area (Å²) in [6.45, 7) is 2.44. The van der Waals surface area contributed by atoms with Crippen LogP contribution in [-0.4, -0.2) is 12.3 Å². The highest BCUT2D eigenvalue weighted by molar-refractivity contribution is 5.75. The second kappa shape index (κ2) is 4.75. The monoisotopic (exact) mass is 183 g/mol. The van der Waals surface area contributed by atoms with Crippen LogP contribution in [0.5, 0.6) is 0 Å². The van der Waals surface area contributed by atoms with E-state index in [4.69, 9.17) is 5.73 Å². The van der Waals surface area contributed by atoms with Crippen LogP contribution in [0.1, 0.15) is 51.9 Å². The van der Waals surface area contributed by atoms with Crippen molar-refractivity contribution in [3.63, 3.8) is 0 Å². The van der Waals surface area contributed by atoms with Crippen molar-refractivity contribution in [2.24, 2.45) is 11.1 Å². The summed E-state index contributed by atoms with van der Waals surface area (Å²) in [4.78, 5) is 10.9. The normalized spacial score (nSPS) is 21.4. The number of rotatable bonds is 4. The van der Waals surface area contributed by atoms with Crippen molar-refractivity contribution in [3.05, 3.63) is 0 Å². The van der Waals surface area contributed by atoms with E-state index >= 15 is 0 Å². The number of carbonyl (C=O) groups excluding carboxylic acids is 1. The molecule has 76 valence electrons. The molecule has 2 heteroatoms. The Labute approximate surface area is 80.9 Å². The Hall–Kier alpha value is -0.370. The highest BCUT2D eigenvalue weighted by Crippen LogP contribution is 2.39. The average molecular weight is 183 g/mol. The first-order valence-electron chi connectivity index (χ1n) is 5.38. The lowest BCUT2D eigenvalue weighted by atomic mass is 9.71. The molecule has 1 saturated carbocycles. The minimum Gasteiger partial charge on any atom is -0.330 e. The van der Waals surface area contributed by atoms with Gasteiger partial charge in [-0.1, -0.05) is 19.3 Å². The van der Waals surface area contributed by atoms with Crippen LogP contribution in [0, 0.1) is 5.41 Å².